The van der Waals surface area contributed by atoms with Gasteiger partial charge in [-0.05, 0) is 32.6 Å². The topological polar surface area (TPSA) is 131 Å². The fourth-order valence-electron chi connectivity index (χ4n) is 4.05. The highest BCUT2D eigenvalue weighted by Crippen LogP contribution is 2.39. The maximum Gasteiger partial charge on any atom is 0.327 e. The molecule has 0 unspecified atom stereocenters. The molecule has 3 rings (SSSR count). The van der Waals surface area contributed by atoms with E-state index in [0.717, 1.165) is 5.57 Å². The Kier molecular flexibility index (Phi) is 8.29. The first-order valence-electron chi connectivity index (χ1n) is 10.5. The van der Waals surface area contributed by atoms with Crippen molar-refractivity contribution in [3.05, 3.63) is 29.7 Å². The highest BCUT2D eigenvalue weighted by Gasteiger charge is 2.57. The molecule has 32 heavy (non-hydrogen) atoms. The average Bonchev–Trinajstić information content (AvgIpc) is 2.94. The van der Waals surface area contributed by atoms with Gasteiger partial charge in [-0.15, -0.1) is 0 Å². The van der Waals surface area contributed by atoms with Gasteiger partial charge in [-0.25, -0.2) is 14.8 Å². The van der Waals surface area contributed by atoms with E-state index in [9.17, 15) is 14.9 Å². The minimum absolute atomic E-state index is 0.111. The number of allylic oxidation sites excluding steroid dienone is 1. The van der Waals surface area contributed by atoms with Crippen LogP contribution in [0.5, 0.6) is 0 Å². The molecule has 2 saturated heterocycles. The van der Waals surface area contributed by atoms with Gasteiger partial charge in [0.1, 0.15) is 11.6 Å². The first kappa shape index (κ1) is 24.8. The zero-order valence-corrected chi connectivity index (χ0v) is 19.0. The molecule has 1 aromatic rings. The van der Waals surface area contributed by atoms with Gasteiger partial charge in [-0.2, -0.15) is 5.26 Å². The number of carbonyl (C=O) groups is 3. The maximum absolute atomic E-state index is 13.4. The number of nitriles is 1. The number of hydrogen-bond donors (Lipinski definition) is 1. The molecule has 0 aromatic carbocycles. The first-order valence-corrected chi connectivity index (χ1v) is 10.5. The van der Waals surface area contributed by atoms with Gasteiger partial charge in [0, 0.05) is 38.6 Å². The predicted molar refractivity (Wildman–Crippen MR) is 118 cm³/mol. The molecule has 2 fully saturated rings. The van der Waals surface area contributed by atoms with E-state index in [1.54, 1.807) is 11.1 Å². The molecule has 10 nitrogen and oxygen atoms in total. The SMILES string of the molecule is CC(C)=CCN1C(=O)N(CC(C)C)C2(CCN(c3nccnc3C#N)CC2)C1=O.O=CO. The minimum Gasteiger partial charge on any atom is -0.483 e. The second-order valence-corrected chi connectivity index (χ2v) is 8.45. The lowest BCUT2D eigenvalue weighted by Gasteiger charge is -2.43. The Balaban J connectivity index is 0.00000114. The molecule has 2 aliphatic rings. The second-order valence-electron chi connectivity index (χ2n) is 8.45. The number of carbonyl (C=O) groups excluding carboxylic acids is 2. The van der Waals surface area contributed by atoms with Crippen LogP contribution < -0.4 is 4.90 Å². The lowest BCUT2D eigenvalue weighted by Crippen LogP contribution is -2.57. The molecule has 0 atom stereocenters. The third-order valence-electron chi connectivity index (χ3n) is 5.53. The quantitative estimate of drug-likeness (QED) is 0.417. The third kappa shape index (κ3) is 5.04. The van der Waals surface area contributed by atoms with Crippen molar-refractivity contribution in [3.63, 3.8) is 0 Å². The monoisotopic (exact) mass is 442 g/mol. The van der Waals surface area contributed by atoms with Crippen molar-refractivity contribution in [2.45, 2.75) is 46.1 Å². The summed E-state index contributed by atoms with van der Waals surface area (Å²) in [5.74, 6) is 0.689. The van der Waals surface area contributed by atoms with E-state index in [1.807, 2.05) is 24.8 Å². The third-order valence-corrected chi connectivity index (χ3v) is 5.53. The average molecular weight is 443 g/mol. The Labute approximate surface area is 188 Å². The Morgan fingerprint density at radius 2 is 1.84 bits per heavy atom. The molecule has 0 aliphatic carbocycles. The number of urea groups is 1. The summed E-state index contributed by atoms with van der Waals surface area (Å²) in [6.07, 6.45) is 6.00. The van der Waals surface area contributed by atoms with Crippen molar-refractivity contribution in [1.82, 2.24) is 19.8 Å². The van der Waals surface area contributed by atoms with Gasteiger partial charge in [0.25, 0.3) is 12.4 Å². The molecule has 0 bridgehead atoms. The Bertz CT molecular complexity index is 911. The largest absolute Gasteiger partial charge is 0.483 e. The summed E-state index contributed by atoms with van der Waals surface area (Å²) < 4.78 is 0. The number of amides is 3. The van der Waals surface area contributed by atoms with Crippen LogP contribution in [0.4, 0.5) is 10.6 Å². The number of anilines is 1. The predicted octanol–water partition coefficient (Wildman–Crippen LogP) is 2.27. The molecule has 10 heteroatoms. The fourth-order valence-corrected chi connectivity index (χ4v) is 4.05. The van der Waals surface area contributed by atoms with E-state index >= 15 is 0 Å². The van der Waals surface area contributed by atoms with Crippen molar-refractivity contribution < 1.29 is 19.5 Å². The van der Waals surface area contributed by atoms with E-state index in [0.29, 0.717) is 44.8 Å². The number of carboxylic acid groups (broad SMARTS) is 1. The summed E-state index contributed by atoms with van der Waals surface area (Å²) >= 11 is 0. The van der Waals surface area contributed by atoms with Crippen LogP contribution in [0.2, 0.25) is 0 Å². The van der Waals surface area contributed by atoms with Crippen molar-refractivity contribution in [2.75, 3.05) is 31.1 Å². The molecular formula is C22H30N6O4. The van der Waals surface area contributed by atoms with Crippen LogP contribution >= 0.6 is 0 Å². The number of hydrogen-bond acceptors (Lipinski definition) is 7. The summed E-state index contributed by atoms with van der Waals surface area (Å²) in [7, 11) is 0. The number of aromatic nitrogens is 2. The molecule has 172 valence electrons. The Morgan fingerprint density at radius 1 is 1.25 bits per heavy atom. The van der Waals surface area contributed by atoms with Crippen molar-refractivity contribution in [3.8, 4) is 6.07 Å². The van der Waals surface area contributed by atoms with Crippen LogP contribution in [0.1, 0.15) is 46.2 Å². The Hall–Kier alpha value is -3.48. The first-order chi connectivity index (χ1) is 15.2. The molecule has 3 heterocycles. The summed E-state index contributed by atoms with van der Waals surface area (Å²) in [6, 6.07) is 1.88. The highest BCUT2D eigenvalue weighted by molar-refractivity contribution is 6.07. The van der Waals surface area contributed by atoms with E-state index in [2.05, 4.69) is 29.9 Å². The molecular weight excluding hydrogens is 412 g/mol. The van der Waals surface area contributed by atoms with Crippen LogP contribution in [0.3, 0.4) is 0 Å². The fraction of sp³-hybridized carbons (Fsp3) is 0.545. The van der Waals surface area contributed by atoms with E-state index in [-0.39, 0.29) is 30.0 Å². The number of rotatable bonds is 5. The van der Waals surface area contributed by atoms with Crippen LogP contribution in [-0.4, -0.2) is 75.0 Å². The molecule has 0 saturated carbocycles. The standard InChI is InChI=1S/C21H28N6O2.CH2O2/c1-15(2)5-10-26-19(28)21(27(20(26)29)14-16(3)4)6-11-25(12-7-21)18-17(13-22)23-8-9-24-18;2-1-3/h5,8-9,16H,6-7,10-12,14H2,1-4H3;1H,(H,2,3). The molecule has 1 spiro atoms. The van der Waals surface area contributed by atoms with Crippen LogP contribution in [0.15, 0.2) is 24.0 Å². The zero-order valence-electron chi connectivity index (χ0n) is 19.0. The number of imide groups is 1. The molecule has 1 aromatic heterocycles. The molecule has 0 radical (unpaired) electrons. The molecule has 1 N–H and O–H groups in total. The van der Waals surface area contributed by atoms with Gasteiger partial charge in [0.2, 0.25) is 0 Å². The van der Waals surface area contributed by atoms with E-state index < -0.39 is 5.54 Å². The second kappa shape index (κ2) is 10.7. The van der Waals surface area contributed by atoms with Crippen molar-refractivity contribution in [2.24, 2.45) is 5.92 Å². The summed E-state index contributed by atoms with van der Waals surface area (Å²) in [6.45, 7) is 9.70. The minimum atomic E-state index is -0.817. The van der Waals surface area contributed by atoms with E-state index in [4.69, 9.17) is 9.90 Å². The zero-order chi connectivity index (χ0) is 23.9. The summed E-state index contributed by atoms with van der Waals surface area (Å²) in [5.41, 5.74) is 0.535. The summed E-state index contributed by atoms with van der Waals surface area (Å²) in [4.78, 5) is 48.4. The van der Waals surface area contributed by atoms with Gasteiger partial charge >= 0.3 is 6.03 Å². The van der Waals surface area contributed by atoms with Gasteiger partial charge in [0.15, 0.2) is 11.5 Å². The van der Waals surface area contributed by atoms with Crippen LogP contribution in [0.25, 0.3) is 0 Å². The van der Waals surface area contributed by atoms with Gasteiger partial charge in [0.05, 0.1) is 0 Å². The number of piperidine rings is 1. The van der Waals surface area contributed by atoms with Crippen LogP contribution in [0, 0.1) is 17.2 Å². The normalized spacial score (nSPS) is 17.2. The Morgan fingerprint density at radius 3 is 2.38 bits per heavy atom. The number of nitrogens with zero attached hydrogens (tertiary/aromatic N) is 6. The van der Waals surface area contributed by atoms with Gasteiger partial charge < -0.3 is 14.9 Å². The molecule has 2 aliphatic heterocycles. The smallest absolute Gasteiger partial charge is 0.327 e. The van der Waals surface area contributed by atoms with Crippen molar-refractivity contribution in [1.29, 1.82) is 5.26 Å². The van der Waals surface area contributed by atoms with Crippen LogP contribution in [-0.2, 0) is 9.59 Å². The van der Waals surface area contributed by atoms with E-state index in [1.165, 1.54) is 11.1 Å². The summed E-state index contributed by atoms with van der Waals surface area (Å²) in [5, 5.41) is 16.2. The lowest BCUT2D eigenvalue weighted by molar-refractivity contribution is -0.134. The van der Waals surface area contributed by atoms with Gasteiger partial charge in [-0.3, -0.25) is 14.5 Å². The van der Waals surface area contributed by atoms with Crippen molar-refractivity contribution >= 4 is 24.2 Å². The molecule has 3 amide bonds. The highest BCUT2D eigenvalue weighted by atomic mass is 16.3. The maximum atomic E-state index is 13.4. The lowest BCUT2D eigenvalue weighted by atomic mass is 9.85. The van der Waals surface area contributed by atoms with Gasteiger partial charge in [-0.1, -0.05) is 25.5 Å².